The van der Waals surface area contributed by atoms with Gasteiger partial charge in [0.15, 0.2) is 0 Å². The third kappa shape index (κ3) is 4.67. The quantitative estimate of drug-likeness (QED) is 0.531. The molecule has 0 aromatic heterocycles. The largest absolute Gasteiger partial charge is 0.465 e. The number of carbonyl (C=O) groups is 2. The van der Waals surface area contributed by atoms with Gasteiger partial charge in [-0.05, 0) is 54.5 Å². The monoisotopic (exact) mass is 474 g/mol. The first kappa shape index (κ1) is 23.1. The molecular weight excluding hydrogens is 452 g/mol. The van der Waals surface area contributed by atoms with Gasteiger partial charge in [0, 0.05) is 16.8 Å². The average Bonchev–Trinajstić information content (AvgIpc) is 2.86. The molecular formula is C26H22N2O5S. The lowest BCUT2D eigenvalue weighted by Crippen LogP contribution is -2.22. The molecule has 172 valence electrons. The lowest BCUT2D eigenvalue weighted by Gasteiger charge is -2.19. The number of aryl methyl sites for hydroxylation is 1. The summed E-state index contributed by atoms with van der Waals surface area (Å²) in [5.41, 5.74) is 3.03. The Balaban J connectivity index is 1.73. The van der Waals surface area contributed by atoms with E-state index in [0.29, 0.717) is 22.4 Å². The summed E-state index contributed by atoms with van der Waals surface area (Å²) >= 11 is 0. The molecule has 0 aliphatic heterocycles. The molecule has 8 heteroatoms. The second-order valence-electron chi connectivity index (χ2n) is 7.58. The van der Waals surface area contributed by atoms with E-state index in [1.54, 1.807) is 60.7 Å². The van der Waals surface area contributed by atoms with E-state index < -0.39 is 16.0 Å². The van der Waals surface area contributed by atoms with Gasteiger partial charge in [0.2, 0.25) is 5.78 Å². The highest BCUT2D eigenvalue weighted by Crippen LogP contribution is 2.25. The number of anilines is 1. The maximum atomic E-state index is 13.1. The van der Waals surface area contributed by atoms with Crippen LogP contribution in [0.1, 0.15) is 38.8 Å². The second-order valence-corrected chi connectivity index (χ2v) is 9.18. The van der Waals surface area contributed by atoms with Crippen LogP contribution in [0.25, 0.3) is 0 Å². The SMILES string of the molecule is CCc1ccc(S(=O)(=O)N=C2C=C(Nc3ccc(C(=O)OC)cc3)C(=O)c3ccccc32)cc1. The van der Waals surface area contributed by atoms with Gasteiger partial charge in [0.25, 0.3) is 10.0 Å². The molecule has 34 heavy (non-hydrogen) atoms. The van der Waals surface area contributed by atoms with Crippen LogP contribution in [-0.2, 0) is 21.2 Å². The van der Waals surface area contributed by atoms with Crippen molar-refractivity contribution in [1.29, 1.82) is 0 Å². The number of hydrogen-bond acceptors (Lipinski definition) is 6. The van der Waals surface area contributed by atoms with E-state index in [0.717, 1.165) is 12.0 Å². The number of esters is 1. The van der Waals surface area contributed by atoms with Crippen molar-refractivity contribution < 1.29 is 22.7 Å². The van der Waals surface area contributed by atoms with Gasteiger partial charge in [-0.15, -0.1) is 0 Å². The van der Waals surface area contributed by atoms with E-state index >= 15 is 0 Å². The Morgan fingerprint density at radius 3 is 2.21 bits per heavy atom. The third-order valence-electron chi connectivity index (χ3n) is 5.41. The average molecular weight is 475 g/mol. The number of ether oxygens (including phenoxy) is 1. The number of Topliss-reactive ketones (excluding diaryl/α,β-unsaturated/α-hetero) is 1. The molecule has 0 unspecified atom stereocenters. The normalized spacial score (nSPS) is 14.4. The van der Waals surface area contributed by atoms with Crippen molar-refractivity contribution in [3.05, 3.63) is 107 Å². The smallest absolute Gasteiger partial charge is 0.337 e. The van der Waals surface area contributed by atoms with Crippen LogP contribution in [0.4, 0.5) is 5.69 Å². The molecule has 1 N–H and O–H groups in total. The van der Waals surface area contributed by atoms with Crippen LogP contribution in [0, 0.1) is 0 Å². The van der Waals surface area contributed by atoms with E-state index in [1.165, 1.54) is 25.3 Å². The topological polar surface area (TPSA) is 102 Å². The zero-order valence-corrected chi connectivity index (χ0v) is 19.4. The van der Waals surface area contributed by atoms with Crippen molar-refractivity contribution in [2.75, 3.05) is 12.4 Å². The summed E-state index contributed by atoms with van der Waals surface area (Å²) in [4.78, 5) is 24.8. The number of nitrogens with one attached hydrogen (secondary N) is 1. The van der Waals surface area contributed by atoms with E-state index in [-0.39, 0.29) is 22.1 Å². The fourth-order valence-corrected chi connectivity index (χ4v) is 4.54. The molecule has 0 radical (unpaired) electrons. The molecule has 0 spiro atoms. The highest BCUT2D eigenvalue weighted by molar-refractivity contribution is 7.90. The van der Waals surface area contributed by atoms with E-state index in [9.17, 15) is 18.0 Å². The van der Waals surface area contributed by atoms with Crippen LogP contribution in [0.2, 0.25) is 0 Å². The third-order valence-corrected chi connectivity index (χ3v) is 6.71. The van der Waals surface area contributed by atoms with E-state index in [2.05, 4.69) is 9.71 Å². The molecule has 4 rings (SSSR count). The van der Waals surface area contributed by atoms with Gasteiger partial charge in [-0.25, -0.2) is 4.79 Å². The van der Waals surface area contributed by atoms with Crippen molar-refractivity contribution >= 4 is 33.2 Å². The number of hydrogen-bond donors (Lipinski definition) is 1. The van der Waals surface area contributed by atoms with Crippen molar-refractivity contribution in [3.63, 3.8) is 0 Å². The fourth-order valence-electron chi connectivity index (χ4n) is 3.54. The van der Waals surface area contributed by atoms with Gasteiger partial charge >= 0.3 is 5.97 Å². The molecule has 3 aromatic rings. The van der Waals surface area contributed by atoms with Crippen LogP contribution < -0.4 is 5.32 Å². The number of ketones is 1. The van der Waals surface area contributed by atoms with Crippen molar-refractivity contribution in [2.24, 2.45) is 4.40 Å². The van der Waals surface area contributed by atoms with Gasteiger partial charge in [0.05, 0.1) is 29.0 Å². The van der Waals surface area contributed by atoms with Crippen LogP contribution in [0.5, 0.6) is 0 Å². The molecule has 0 amide bonds. The standard InChI is InChI=1S/C26H22N2O5S/c1-3-17-8-14-20(15-9-17)34(31,32)28-23-16-24(25(29)22-7-5-4-6-21(22)23)27-19-12-10-18(11-13-19)26(30)33-2/h4-16,27H,3H2,1-2H3. The molecule has 0 saturated heterocycles. The van der Waals surface area contributed by atoms with Crippen LogP contribution in [0.3, 0.4) is 0 Å². The van der Waals surface area contributed by atoms with Gasteiger partial charge in [-0.2, -0.15) is 12.8 Å². The maximum Gasteiger partial charge on any atom is 0.337 e. The molecule has 0 atom stereocenters. The summed E-state index contributed by atoms with van der Waals surface area (Å²) in [5, 5.41) is 3.01. The highest BCUT2D eigenvalue weighted by Gasteiger charge is 2.26. The molecule has 0 heterocycles. The molecule has 0 saturated carbocycles. The Bertz CT molecular complexity index is 1420. The van der Waals surface area contributed by atoms with E-state index in [1.807, 2.05) is 6.92 Å². The van der Waals surface area contributed by atoms with Gasteiger partial charge in [0.1, 0.15) is 0 Å². The number of fused-ring (bicyclic) bond motifs is 1. The van der Waals surface area contributed by atoms with Gasteiger partial charge < -0.3 is 10.1 Å². The first-order chi connectivity index (χ1) is 16.3. The minimum absolute atomic E-state index is 0.0767. The molecule has 0 bridgehead atoms. The number of carbonyl (C=O) groups excluding carboxylic acids is 2. The number of rotatable bonds is 6. The summed E-state index contributed by atoms with van der Waals surface area (Å²) in [6.07, 6.45) is 2.22. The van der Waals surface area contributed by atoms with Crippen LogP contribution in [0.15, 0.2) is 93.9 Å². The Labute approximate surface area is 197 Å². The number of methoxy groups -OCH3 is 1. The minimum Gasteiger partial charge on any atom is -0.465 e. The van der Waals surface area contributed by atoms with Crippen molar-refractivity contribution in [2.45, 2.75) is 18.2 Å². The summed E-state index contributed by atoms with van der Waals surface area (Å²) in [7, 11) is -2.71. The summed E-state index contributed by atoms with van der Waals surface area (Å²) in [6, 6.07) is 19.7. The lowest BCUT2D eigenvalue weighted by molar-refractivity contribution is 0.0600. The van der Waals surface area contributed by atoms with Crippen molar-refractivity contribution in [3.8, 4) is 0 Å². The predicted octanol–water partition coefficient (Wildman–Crippen LogP) is 4.41. The van der Waals surface area contributed by atoms with Gasteiger partial charge in [-0.1, -0.05) is 43.3 Å². The second kappa shape index (κ2) is 9.44. The zero-order valence-electron chi connectivity index (χ0n) is 18.6. The number of sulfonamides is 1. The summed E-state index contributed by atoms with van der Waals surface area (Å²) in [5.74, 6) is -0.767. The number of allylic oxidation sites excluding steroid dienone is 2. The van der Waals surface area contributed by atoms with E-state index in [4.69, 9.17) is 4.74 Å². The van der Waals surface area contributed by atoms with Crippen LogP contribution >= 0.6 is 0 Å². The molecule has 3 aromatic carbocycles. The Morgan fingerprint density at radius 1 is 0.941 bits per heavy atom. The summed E-state index contributed by atoms with van der Waals surface area (Å²) < 4.78 is 34.8. The highest BCUT2D eigenvalue weighted by atomic mass is 32.2. The Kier molecular flexibility index (Phi) is 6.43. The van der Waals surface area contributed by atoms with Gasteiger partial charge in [-0.3, -0.25) is 4.79 Å². The number of benzene rings is 3. The maximum absolute atomic E-state index is 13.1. The Hall–Kier alpha value is -4.04. The molecule has 1 aliphatic carbocycles. The molecule has 1 aliphatic rings. The fraction of sp³-hybridized carbons (Fsp3) is 0.115. The van der Waals surface area contributed by atoms with Crippen molar-refractivity contribution in [1.82, 2.24) is 0 Å². The minimum atomic E-state index is -4.01. The van der Waals surface area contributed by atoms with Crippen LogP contribution in [-0.4, -0.2) is 33.0 Å². The summed E-state index contributed by atoms with van der Waals surface area (Å²) in [6.45, 7) is 1.99. The zero-order chi connectivity index (χ0) is 24.3. The lowest BCUT2D eigenvalue weighted by atomic mass is 9.92. The Morgan fingerprint density at radius 2 is 1.59 bits per heavy atom. The molecule has 0 fully saturated rings. The predicted molar refractivity (Wildman–Crippen MR) is 130 cm³/mol. The number of nitrogens with zero attached hydrogens (tertiary/aromatic N) is 1. The first-order valence-corrected chi connectivity index (χ1v) is 12.0. The molecule has 7 nitrogen and oxygen atoms in total. The first-order valence-electron chi connectivity index (χ1n) is 10.6.